The van der Waals surface area contributed by atoms with Crippen molar-refractivity contribution in [2.75, 3.05) is 5.32 Å². The summed E-state index contributed by atoms with van der Waals surface area (Å²) < 4.78 is 46.1. The molecular weight excluding hydrogens is 551 g/mol. The highest BCUT2D eigenvalue weighted by Gasteiger charge is 2.36. The molecule has 0 saturated heterocycles. The molecule has 2 amide bonds. The Morgan fingerprint density at radius 1 is 1.05 bits per heavy atom. The third-order valence-electron chi connectivity index (χ3n) is 7.02. The summed E-state index contributed by atoms with van der Waals surface area (Å²) in [6.07, 6.45) is -4.44. The zero-order valence-electron chi connectivity index (χ0n) is 23.1. The van der Waals surface area contributed by atoms with Gasteiger partial charge >= 0.3 is 11.9 Å². The summed E-state index contributed by atoms with van der Waals surface area (Å²) in [4.78, 5) is 41.5. The lowest BCUT2D eigenvalue weighted by atomic mass is 9.99. The summed E-state index contributed by atoms with van der Waals surface area (Å²) in [5.41, 5.74) is 6.30. The number of alkyl halides is 3. The SMILES string of the molecule is CCc1c(-c2ccc(-n3c(C)nn(C)c3=O)cc2)n(C)c2nc(C(F)(F)F)cc(C(=O)Nc3cccc(C(N)=O)c3)c12. The number of aryl methyl sites for hydroxylation is 4. The van der Waals surface area contributed by atoms with Crippen LogP contribution >= 0.6 is 0 Å². The molecule has 0 saturated carbocycles. The normalized spacial score (nSPS) is 11.7. The zero-order chi connectivity index (χ0) is 30.5. The molecule has 0 unspecified atom stereocenters. The summed E-state index contributed by atoms with van der Waals surface area (Å²) in [6.45, 7) is 3.54. The first-order valence-corrected chi connectivity index (χ1v) is 12.9. The average Bonchev–Trinajstić information content (AvgIpc) is 3.38. The second-order valence-electron chi connectivity index (χ2n) is 9.73. The molecule has 0 aliphatic heterocycles. The number of rotatable bonds is 6. The van der Waals surface area contributed by atoms with Gasteiger partial charge in [-0.15, -0.1) is 0 Å². The summed E-state index contributed by atoms with van der Waals surface area (Å²) in [6, 6.07) is 13.5. The van der Waals surface area contributed by atoms with Crippen LogP contribution in [0.2, 0.25) is 0 Å². The molecule has 0 atom stereocenters. The maximum absolute atomic E-state index is 14.0. The quantitative estimate of drug-likeness (QED) is 0.310. The van der Waals surface area contributed by atoms with E-state index in [0.717, 1.165) is 6.07 Å². The van der Waals surface area contributed by atoms with Crippen molar-refractivity contribution in [3.8, 4) is 16.9 Å². The van der Waals surface area contributed by atoms with Crippen molar-refractivity contribution in [1.82, 2.24) is 23.9 Å². The number of aromatic nitrogens is 5. The predicted octanol–water partition coefficient (Wildman–Crippen LogP) is 4.37. The number of carbonyl (C=O) groups excluding carboxylic acids is 2. The van der Waals surface area contributed by atoms with E-state index in [0.29, 0.717) is 34.8 Å². The Kier molecular flexibility index (Phi) is 6.97. The standard InChI is InChI=1S/C29H26F3N7O3/c1-5-20-23-21(27(41)34-18-8-6-7-17(13-18)25(33)40)14-22(29(30,31)32)35-26(23)37(3)24(20)16-9-11-19(12-10-16)39-15(2)36-38(4)28(39)42/h6-14H,5H2,1-4H3,(H2,33,40)(H,34,41). The smallest absolute Gasteiger partial charge is 0.366 e. The number of nitrogens with two attached hydrogens (primary N) is 1. The highest BCUT2D eigenvalue weighted by Crippen LogP contribution is 2.38. The van der Waals surface area contributed by atoms with Crippen LogP contribution in [0.4, 0.5) is 18.9 Å². The van der Waals surface area contributed by atoms with Gasteiger partial charge in [-0.3, -0.25) is 9.59 Å². The molecular formula is C29H26F3N7O3. The molecule has 13 heteroatoms. The monoisotopic (exact) mass is 577 g/mol. The third-order valence-corrected chi connectivity index (χ3v) is 7.02. The zero-order valence-corrected chi connectivity index (χ0v) is 23.1. The first-order chi connectivity index (χ1) is 19.8. The molecule has 0 fully saturated rings. The van der Waals surface area contributed by atoms with E-state index in [2.05, 4.69) is 15.4 Å². The number of halogens is 3. The fraction of sp³-hybridized carbons (Fsp3) is 0.207. The van der Waals surface area contributed by atoms with E-state index in [-0.39, 0.29) is 33.5 Å². The second-order valence-corrected chi connectivity index (χ2v) is 9.73. The molecule has 42 heavy (non-hydrogen) atoms. The van der Waals surface area contributed by atoms with Crippen LogP contribution in [0.5, 0.6) is 0 Å². The maximum atomic E-state index is 14.0. The number of nitrogens with one attached hydrogen (secondary N) is 1. The molecule has 10 nitrogen and oxygen atoms in total. The number of primary amides is 1. The first kappa shape index (κ1) is 28.3. The van der Waals surface area contributed by atoms with Gasteiger partial charge in [0.2, 0.25) is 5.91 Å². The molecule has 0 spiro atoms. The highest BCUT2D eigenvalue weighted by atomic mass is 19.4. The van der Waals surface area contributed by atoms with Gasteiger partial charge in [0.25, 0.3) is 5.91 Å². The van der Waals surface area contributed by atoms with E-state index < -0.39 is 23.7 Å². The van der Waals surface area contributed by atoms with Gasteiger partial charge in [0.15, 0.2) is 0 Å². The summed E-state index contributed by atoms with van der Waals surface area (Å²) in [5.74, 6) is -1.02. The van der Waals surface area contributed by atoms with E-state index in [1.165, 1.54) is 38.1 Å². The van der Waals surface area contributed by atoms with Crippen LogP contribution in [0.3, 0.4) is 0 Å². The molecule has 3 heterocycles. The van der Waals surface area contributed by atoms with Crippen molar-refractivity contribution in [3.63, 3.8) is 0 Å². The fourth-order valence-electron chi connectivity index (χ4n) is 5.14. The molecule has 0 aliphatic carbocycles. The minimum atomic E-state index is -4.82. The summed E-state index contributed by atoms with van der Waals surface area (Å²) in [5, 5.41) is 7.00. The number of nitrogens with zero attached hydrogens (tertiary/aromatic N) is 5. The Bertz CT molecular complexity index is 1930. The van der Waals surface area contributed by atoms with Crippen molar-refractivity contribution in [3.05, 3.63) is 93.3 Å². The van der Waals surface area contributed by atoms with Gasteiger partial charge in [-0.2, -0.15) is 18.3 Å². The number of carbonyl (C=O) groups is 2. The lowest BCUT2D eigenvalue weighted by Crippen LogP contribution is -2.21. The van der Waals surface area contributed by atoms with Gasteiger partial charge < -0.3 is 15.6 Å². The lowest BCUT2D eigenvalue weighted by molar-refractivity contribution is -0.141. The van der Waals surface area contributed by atoms with Crippen LogP contribution in [0, 0.1) is 6.92 Å². The van der Waals surface area contributed by atoms with Gasteiger partial charge in [0.05, 0.1) is 16.9 Å². The van der Waals surface area contributed by atoms with Crippen LogP contribution in [-0.4, -0.2) is 35.7 Å². The Morgan fingerprint density at radius 3 is 2.31 bits per heavy atom. The Balaban J connectivity index is 1.68. The number of anilines is 1. The lowest BCUT2D eigenvalue weighted by Gasteiger charge is -2.12. The highest BCUT2D eigenvalue weighted by molar-refractivity contribution is 6.14. The Hall–Kier alpha value is -5.20. The van der Waals surface area contributed by atoms with Crippen LogP contribution < -0.4 is 16.7 Å². The minimum absolute atomic E-state index is 0.0175. The largest absolute Gasteiger partial charge is 0.433 e. The molecule has 0 aliphatic rings. The number of fused-ring (bicyclic) bond motifs is 1. The van der Waals surface area contributed by atoms with Crippen molar-refractivity contribution in [1.29, 1.82) is 0 Å². The van der Waals surface area contributed by atoms with E-state index in [9.17, 15) is 27.6 Å². The molecule has 2 aromatic carbocycles. The third kappa shape index (κ3) is 4.82. The fourth-order valence-corrected chi connectivity index (χ4v) is 5.14. The van der Waals surface area contributed by atoms with Crippen LogP contribution in [0.15, 0.2) is 59.4 Å². The number of benzene rings is 2. The van der Waals surface area contributed by atoms with Crippen molar-refractivity contribution >= 4 is 28.5 Å². The molecule has 5 aromatic rings. The number of amides is 2. The van der Waals surface area contributed by atoms with E-state index in [1.807, 2.05) is 6.92 Å². The first-order valence-electron chi connectivity index (χ1n) is 12.9. The molecule has 3 aromatic heterocycles. The number of hydrogen-bond acceptors (Lipinski definition) is 5. The number of hydrogen-bond donors (Lipinski definition) is 2. The van der Waals surface area contributed by atoms with Crippen LogP contribution in [-0.2, 0) is 26.7 Å². The van der Waals surface area contributed by atoms with E-state index >= 15 is 0 Å². The molecule has 5 rings (SSSR count). The van der Waals surface area contributed by atoms with Gasteiger partial charge in [-0.05, 0) is 60.9 Å². The molecule has 3 N–H and O–H groups in total. The van der Waals surface area contributed by atoms with Crippen LogP contribution in [0.25, 0.3) is 28.0 Å². The van der Waals surface area contributed by atoms with Crippen molar-refractivity contribution < 1.29 is 22.8 Å². The van der Waals surface area contributed by atoms with Gasteiger partial charge in [-0.1, -0.05) is 25.1 Å². The predicted molar refractivity (Wildman–Crippen MR) is 151 cm³/mol. The molecule has 0 radical (unpaired) electrons. The number of pyridine rings is 1. The van der Waals surface area contributed by atoms with Crippen molar-refractivity contribution in [2.24, 2.45) is 19.8 Å². The summed E-state index contributed by atoms with van der Waals surface area (Å²) >= 11 is 0. The maximum Gasteiger partial charge on any atom is 0.433 e. The average molecular weight is 578 g/mol. The van der Waals surface area contributed by atoms with Gasteiger partial charge in [0, 0.05) is 30.7 Å². The Labute approximate surface area is 237 Å². The molecule has 0 bridgehead atoms. The minimum Gasteiger partial charge on any atom is -0.366 e. The molecule has 216 valence electrons. The van der Waals surface area contributed by atoms with Gasteiger partial charge in [0.1, 0.15) is 17.2 Å². The summed E-state index contributed by atoms with van der Waals surface area (Å²) in [7, 11) is 3.14. The van der Waals surface area contributed by atoms with Gasteiger partial charge in [-0.25, -0.2) is 19.0 Å². The van der Waals surface area contributed by atoms with E-state index in [1.54, 1.807) is 45.3 Å². The van der Waals surface area contributed by atoms with E-state index in [4.69, 9.17) is 5.73 Å². The second kappa shape index (κ2) is 10.3. The van der Waals surface area contributed by atoms with Crippen LogP contribution in [0.1, 0.15) is 44.7 Å². The Morgan fingerprint density at radius 2 is 1.74 bits per heavy atom. The topological polar surface area (TPSA) is 130 Å². The van der Waals surface area contributed by atoms with Crippen molar-refractivity contribution in [2.45, 2.75) is 26.4 Å².